The van der Waals surface area contributed by atoms with Gasteiger partial charge in [-0.15, -0.1) is 0 Å². The average Bonchev–Trinajstić information content (AvgIpc) is 2.81. The molecule has 0 aromatic heterocycles. The molecule has 0 saturated heterocycles. The van der Waals surface area contributed by atoms with E-state index in [0.717, 1.165) is 19.0 Å². The fourth-order valence-electron chi connectivity index (χ4n) is 2.06. The molecule has 2 rings (SSSR count). The smallest absolute Gasteiger partial charge is 0.266 e. The Balaban J connectivity index is 2.26. The first-order valence-corrected chi connectivity index (χ1v) is 6.34. The highest BCUT2D eigenvalue weighted by Gasteiger charge is 2.23. The summed E-state index contributed by atoms with van der Waals surface area (Å²) in [5.74, 6) is -0.939. The molecule has 0 radical (unpaired) electrons. The van der Waals surface area contributed by atoms with Crippen LogP contribution in [0.1, 0.15) is 36.9 Å². The summed E-state index contributed by atoms with van der Waals surface area (Å²) in [5.41, 5.74) is 2.47. The molecule has 0 fully saturated rings. The van der Waals surface area contributed by atoms with Crippen molar-refractivity contribution in [3.63, 3.8) is 0 Å². The van der Waals surface area contributed by atoms with Crippen LogP contribution in [0.3, 0.4) is 0 Å². The van der Waals surface area contributed by atoms with Gasteiger partial charge in [-0.25, -0.2) is 18.6 Å². The zero-order valence-corrected chi connectivity index (χ0v) is 11.1. The second-order valence-corrected chi connectivity index (χ2v) is 4.79. The molecule has 1 aromatic carbocycles. The maximum Gasteiger partial charge on any atom is 0.266 e. The van der Waals surface area contributed by atoms with Gasteiger partial charge < -0.3 is 5.01 Å². The Morgan fingerprint density at radius 1 is 1.37 bits per heavy atom. The summed E-state index contributed by atoms with van der Waals surface area (Å²) in [6.07, 6.45) is 1.84. The Kier molecular flexibility index (Phi) is 4.37. The third-order valence-corrected chi connectivity index (χ3v) is 3.34. The fraction of sp³-hybridized carbons (Fsp3) is 0.385. The highest BCUT2D eigenvalue weighted by Crippen LogP contribution is 2.32. The monoisotopic (exact) mass is 290 g/mol. The Labute approximate surface area is 114 Å². The lowest BCUT2D eigenvalue weighted by Gasteiger charge is -2.24. The molecule has 104 valence electrons. The number of rotatable bonds is 4. The molecule has 1 unspecified atom stereocenters. The minimum Gasteiger partial charge on any atom is -0.315 e. The van der Waals surface area contributed by atoms with Gasteiger partial charge in [0.1, 0.15) is 5.82 Å². The first-order chi connectivity index (χ1) is 9.00. The first kappa shape index (κ1) is 14.2. The number of nitrogens with zero attached hydrogens (tertiary/aromatic N) is 1. The maximum atomic E-state index is 14.1. The van der Waals surface area contributed by atoms with Gasteiger partial charge in [-0.1, -0.05) is 17.7 Å². The Hall–Kier alpha value is -1.20. The van der Waals surface area contributed by atoms with Crippen molar-refractivity contribution in [2.24, 2.45) is 0 Å². The van der Waals surface area contributed by atoms with Crippen LogP contribution in [0, 0.1) is 5.82 Å². The van der Waals surface area contributed by atoms with Crippen LogP contribution >= 0.6 is 11.6 Å². The molecule has 19 heavy (non-hydrogen) atoms. The molecule has 1 aromatic rings. The van der Waals surface area contributed by atoms with Gasteiger partial charge in [-0.05, 0) is 25.5 Å². The molecular formula is C13H14ClF3N2. The van der Waals surface area contributed by atoms with E-state index in [1.54, 1.807) is 11.9 Å². The predicted octanol–water partition coefficient (Wildman–Crippen LogP) is 4.20. The highest BCUT2D eigenvalue weighted by atomic mass is 35.5. The zero-order valence-electron chi connectivity index (χ0n) is 10.3. The van der Waals surface area contributed by atoms with Crippen molar-refractivity contribution in [3.8, 4) is 0 Å². The van der Waals surface area contributed by atoms with Gasteiger partial charge in [0.25, 0.3) is 6.43 Å². The van der Waals surface area contributed by atoms with Crippen LogP contribution < -0.4 is 5.43 Å². The number of halogens is 4. The first-order valence-electron chi connectivity index (χ1n) is 5.96. The standard InChI is InChI=1S/C13H14ClF3N2/c1-8(18-19-6-2-3-7-19)11-10(14)5-4-9(12(11)15)13(16)17/h2,4-6,8,13,18H,3,7H2,1H3. The van der Waals surface area contributed by atoms with Crippen LogP contribution in [-0.2, 0) is 0 Å². The molecule has 1 heterocycles. The van der Waals surface area contributed by atoms with E-state index in [9.17, 15) is 13.2 Å². The van der Waals surface area contributed by atoms with Crippen LogP contribution in [0.4, 0.5) is 13.2 Å². The van der Waals surface area contributed by atoms with E-state index >= 15 is 0 Å². The lowest BCUT2D eigenvalue weighted by molar-refractivity contribution is 0.145. The number of hydrogen-bond acceptors (Lipinski definition) is 2. The van der Waals surface area contributed by atoms with Crippen LogP contribution in [-0.4, -0.2) is 11.6 Å². The largest absolute Gasteiger partial charge is 0.315 e. The van der Waals surface area contributed by atoms with Gasteiger partial charge in [-0.3, -0.25) is 0 Å². The molecular weight excluding hydrogens is 277 g/mol. The van der Waals surface area contributed by atoms with Gasteiger partial charge in [0.05, 0.1) is 11.6 Å². The van der Waals surface area contributed by atoms with Crippen LogP contribution in [0.15, 0.2) is 24.4 Å². The third kappa shape index (κ3) is 3.04. The summed E-state index contributed by atoms with van der Waals surface area (Å²) in [5, 5.41) is 1.93. The van der Waals surface area contributed by atoms with Crippen molar-refractivity contribution in [1.82, 2.24) is 10.4 Å². The number of hydrazine groups is 1. The van der Waals surface area contributed by atoms with Gasteiger partial charge >= 0.3 is 0 Å². The lowest BCUT2D eigenvalue weighted by Crippen LogP contribution is -2.34. The quantitative estimate of drug-likeness (QED) is 0.894. The molecule has 1 N–H and O–H groups in total. The number of nitrogens with one attached hydrogen (secondary N) is 1. The van der Waals surface area contributed by atoms with Crippen molar-refractivity contribution in [1.29, 1.82) is 0 Å². The van der Waals surface area contributed by atoms with Gasteiger partial charge in [0.2, 0.25) is 0 Å². The van der Waals surface area contributed by atoms with Crippen LogP contribution in [0.5, 0.6) is 0 Å². The molecule has 6 heteroatoms. The summed E-state index contributed by atoms with van der Waals surface area (Å²) >= 11 is 5.93. The maximum absolute atomic E-state index is 14.1. The SMILES string of the molecule is CC(NN1C=CCC1)c1c(Cl)ccc(C(F)F)c1F. The molecule has 0 saturated carbocycles. The van der Waals surface area contributed by atoms with E-state index in [4.69, 9.17) is 11.6 Å². The summed E-state index contributed by atoms with van der Waals surface area (Å²) < 4.78 is 39.4. The Morgan fingerprint density at radius 2 is 2.11 bits per heavy atom. The van der Waals surface area contributed by atoms with Gasteiger partial charge in [-0.2, -0.15) is 0 Å². The van der Waals surface area contributed by atoms with Gasteiger partial charge in [0, 0.05) is 23.3 Å². The van der Waals surface area contributed by atoms with Crippen molar-refractivity contribution >= 4 is 11.6 Å². The lowest BCUT2D eigenvalue weighted by atomic mass is 10.0. The number of benzene rings is 1. The normalized spacial score (nSPS) is 16.4. The fourth-order valence-corrected chi connectivity index (χ4v) is 2.37. The molecule has 1 aliphatic heterocycles. The number of hydrogen-bond donors (Lipinski definition) is 1. The summed E-state index contributed by atoms with van der Waals surface area (Å²) in [4.78, 5) is 0. The van der Waals surface area contributed by atoms with Gasteiger partial charge in [0.15, 0.2) is 0 Å². The zero-order chi connectivity index (χ0) is 14.0. The van der Waals surface area contributed by atoms with Crippen molar-refractivity contribution in [3.05, 3.63) is 46.4 Å². The number of alkyl halides is 2. The predicted molar refractivity (Wildman–Crippen MR) is 68.4 cm³/mol. The second kappa shape index (κ2) is 5.84. The van der Waals surface area contributed by atoms with Crippen molar-refractivity contribution < 1.29 is 13.2 Å². The Morgan fingerprint density at radius 3 is 2.68 bits per heavy atom. The van der Waals surface area contributed by atoms with Crippen LogP contribution in [0.2, 0.25) is 5.02 Å². The summed E-state index contributed by atoms with van der Waals surface area (Å²) in [6, 6.07) is 1.84. The summed E-state index contributed by atoms with van der Waals surface area (Å²) in [7, 11) is 0. The highest BCUT2D eigenvalue weighted by molar-refractivity contribution is 6.31. The van der Waals surface area contributed by atoms with E-state index < -0.39 is 23.8 Å². The molecule has 0 spiro atoms. The van der Waals surface area contributed by atoms with E-state index in [-0.39, 0.29) is 10.6 Å². The van der Waals surface area contributed by atoms with Crippen molar-refractivity contribution in [2.45, 2.75) is 25.8 Å². The Bertz CT molecular complexity index is 491. The van der Waals surface area contributed by atoms with E-state index in [1.807, 2.05) is 12.3 Å². The molecule has 0 aliphatic carbocycles. The summed E-state index contributed by atoms with van der Waals surface area (Å²) in [6.45, 7) is 2.45. The minimum atomic E-state index is -2.85. The minimum absolute atomic E-state index is 0.0692. The topological polar surface area (TPSA) is 15.3 Å². The molecule has 0 bridgehead atoms. The van der Waals surface area contributed by atoms with Crippen molar-refractivity contribution in [2.75, 3.05) is 6.54 Å². The molecule has 1 atom stereocenters. The average molecular weight is 291 g/mol. The third-order valence-electron chi connectivity index (χ3n) is 3.01. The van der Waals surface area contributed by atoms with E-state index in [2.05, 4.69) is 5.43 Å². The van der Waals surface area contributed by atoms with Crippen LogP contribution in [0.25, 0.3) is 0 Å². The van der Waals surface area contributed by atoms with E-state index in [1.165, 1.54) is 6.07 Å². The molecule has 0 amide bonds. The molecule has 2 nitrogen and oxygen atoms in total. The second-order valence-electron chi connectivity index (χ2n) is 4.38. The molecule has 1 aliphatic rings. The van der Waals surface area contributed by atoms with E-state index in [0.29, 0.717) is 0 Å².